The standard InChI is InChI=1S/C26H30N4O3/c1-3-22-11-4-5-15-30(22)24-14-13-19-8-6-12-23(26(19)29-24)33-17-25(32)28-21-10-7-9-20(16-21)27-18(2)31/h6-10,12-14,16,22H,3-5,11,15,17H2,1-2H3,(H,27,31)(H,28,32). The molecule has 7 heteroatoms. The molecule has 33 heavy (non-hydrogen) atoms. The number of hydrogen-bond donors (Lipinski definition) is 2. The van der Waals surface area contributed by atoms with E-state index in [0.29, 0.717) is 23.2 Å². The molecule has 1 aliphatic rings. The number of fused-ring (bicyclic) bond motifs is 1. The van der Waals surface area contributed by atoms with Crippen molar-refractivity contribution in [3.8, 4) is 5.75 Å². The summed E-state index contributed by atoms with van der Waals surface area (Å²) in [6, 6.07) is 17.4. The molecular formula is C26H30N4O3. The van der Waals surface area contributed by atoms with Crippen LogP contribution in [0.15, 0.2) is 54.6 Å². The number of benzene rings is 2. The summed E-state index contributed by atoms with van der Waals surface area (Å²) >= 11 is 0. The molecule has 0 aliphatic carbocycles. The summed E-state index contributed by atoms with van der Waals surface area (Å²) < 4.78 is 5.88. The number of anilines is 3. The number of pyridine rings is 1. The van der Waals surface area contributed by atoms with Gasteiger partial charge in [-0.3, -0.25) is 9.59 Å². The van der Waals surface area contributed by atoms with E-state index in [1.165, 1.54) is 26.2 Å². The fourth-order valence-electron chi connectivity index (χ4n) is 4.33. The van der Waals surface area contributed by atoms with Gasteiger partial charge in [-0.15, -0.1) is 0 Å². The minimum absolute atomic E-state index is 0.142. The maximum absolute atomic E-state index is 12.5. The molecular weight excluding hydrogens is 416 g/mol. The Labute approximate surface area is 194 Å². The van der Waals surface area contributed by atoms with Gasteiger partial charge in [0.25, 0.3) is 5.91 Å². The van der Waals surface area contributed by atoms with E-state index in [2.05, 4.69) is 34.6 Å². The van der Waals surface area contributed by atoms with Crippen LogP contribution in [0, 0.1) is 0 Å². The first-order valence-corrected chi connectivity index (χ1v) is 11.5. The van der Waals surface area contributed by atoms with E-state index >= 15 is 0 Å². The van der Waals surface area contributed by atoms with Gasteiger partial charge in [-0.05, 0) is 62.1 Å². The van der Waals surface area contributed by atoms with Crippen molar-refractivity contribution in [2.75, 3.05) is 28.7 Å². The zero-order valence-corrected chi connectivity index (χ0v) is 19.1. The van der Waals surface area contributed by atoms with Crippen LogP contribution in [-0.2, 0) is 9.59 Å². The summed E-state index contributed by atoms with van der Waals surface area (Å²) in [6.07, 6.45) is 4.73. The molecule has 0 radical (unpaired) electrons. The lowest BCUT2D eigenvalue weighted by molar-refractivity contribution is -0.118. The Morgan fingerprint density at radius 3 is 2.64 bits per heavy atom. The number of ether oxygens (including phenoxy) is 1. The van der Waals surface area contributed by atoms with Crippen molar-refractivity contribution >= 4 is 39.9 Å². The minimum atomic E-state index is -0.287. The van der Waals surface area contributed by atoms with Crippen molar-refractivity contribution < 1.29 is 14.3 Å². The quantitative estimate of drug-likeness (QED) is 0.535. The molecule has 2 N–H and O–H groups in total. The summed E-state index contributed by atoms with van der Waals surface area (Å²) in [5, 5.41) is 6.49. The van der Waals surface area contributed by atoms with Gasteiger partial charge in [0.2, 0.25) is 5.91 Å². The highest BCUT2D eigenvalue weighted by Crippen LogP contribution is 2.30. The van der Waals surface area contributed by atoms with Crippen LogP contribution in [0.1, 0.15) is 39.5 Å². The third-order valence-corrected chi connectivity index (χ3v) is 5.89. The van der Waals surface area contributed by atoms with E-state index in [1.807, 2.05) is 18.2 Å². The molecule has 0 spiro atoms. The van der Waals surface area contributed by atoms with Gasteiger partial charge >= 0.3 is 0 Å². The van der Waals surface area contributed by atoms with E-state index in [4.69, 9.17) is 9.72 Å². The van der Waals surface area contributed by atoms with E-state index in [-0.39, 0.29) is 18.4 Å². The smallest absolute Gasteiger partial charge is 0.262 e. The van der Waals surface area contributed by atoms with Crippen molar-refractivity contribution in [3.63, 3.8) is 0 Å². The Hall–Kier alpha value is -3.61. The van der Waals surface area contributed by atoms with Crippen LogP contribution in [0.3, 0.4) is 0 Å². The van der Waals surface area contributed by atoms with E-state index in [9.17, 15) is 9.59 Å². The van der Waals surface area contributed by atoms with Crippen molar-refractivity contribution in [2.45, 2.75) is 45.6 Å². The van der Waals surface area contributed by atoms with Crippen molar-refractivity contribution in [1.29, 1.82) is 0 Å². The molecule has 1 fully saturated rings. The monoisotopic (exact) mass is 446 g/mol. The van der Waals surface area contributed by atoms with Crippen LogP contribution in [0.25, 0.3) is 10.9 Å². The minimum Gasteiger partial charge on any atom is -0.481 e. The second-order valence-electron chi connectivity index (χ2n) is 8.35. The number of carbonyl (C=O) groups excluding carboxylic acids is 2. The lowest BCUT2D eigenvalue weighted by Gasteiger charge is -2.36. The average molecular weight is 447 g/mol. The van der Waals surface area contributed by atoms with Crippen molar-refractivity contribution in [1.82, 2.24) is 4.98 Å². The fourth-order valence-corrected chi connectivity index (χ4v) is 4.33. The Morgan fingerprint density at radius 1 is 1.06 bits per heavy atom. The highest BCUT2D eigenvalue weighted by atomic mass is 16.5. The normalized spacial score (nSPS) is 15.8. The van der Waals surface area contributed by atoms with E-state index in [0.717, 1.165) is 29.7 Å². The van der Waals surface area contributed by atoms with Gasteiger partial charge in [-0.25, -0.2) is 4.98 Å². The second kappa shape index (κ2) is 10.3. The number of carbonyl (C=O) groups is 2. The van der Waals surface area contributed by atoms with Crippen molar-refractivity contribution in [2.24, 2.45) is 0 Å². The summed E-state index contributed by atoms with van der Waals surface area (Å²) in [7, 11) is 0. The van der Waals surface area contributed by atoms with Crippen LogP contribution < -0.4 is 20.3 Å². The van der Waals surface area contributed by atoms with Gasteiger partial charge in [0.1, 0.15) is 17.1 Å². The first-order valence-electron chi connectivity index (χ1n) is 11.5. The molecule has 7 nitrogen and oxygen atoms in total. The Kier molecular flexibility index (Phi) is 7.07. The van der Waals surface area contributed by atoms with Gasteiger partial charge in [-0.2, -0.15) is 0 Å². The van der Waals surface area contributed by atoms with Gasteiger partial charge in [0.05, 0.1) is 0 Å². The molecule has 3 aromatic rings. The van der Waals surface area contributed by atoms with Crippen LogP contribution in [0.2, 0.25) is 0 Å². The number of para-hydroxylation sites is 1. The average Bonchev–Trinajstić information content (AvgIpc) is 2.82. The Bertz CT molecular complexity index is 1150. The summed E-state index contributed by atoms with van der Waals surface area (Å²) in [5.74, 6) is 1.09. The molecule has 1 unspecified atom stereocenters. The maximum Gasteiger partial charge on any atom is 0.262 e. The van der Waals surface area contributed by atoms with Crippen LogP contribution in [0.5, 0.6) is 5.75 Å². The molecule has 172 valence electrons. The second-order valence-corrected chi connectivity index (χ2v) is 8.35. The van der Waals surface area contributed by atoms with Gasteiger partial charge < -0.3 is 20.3 Å². The van der Waals surface area contributed by atoms with Crippen molar-refractivity contribution in [3.05, 3.63) is 54.6 Å². The van der Waals surface area contributed by atoms with E-state index in [1.54, 1.807) is 24.3 Å². The molecule has 2 aromatic carbocycles. The predicted molar refractivity (Wildman–Crippen MR) is 132 cm³/mol. The first-order chi connectivity index (χ1) is 16.0. The molecule has 2 heterocycles. The number of rotatable bonds is 7. The number of nitrogens with zero attached hydrogens (tertiary/aromatic N) is 2. The molecule has 1 saturated heterocycles. The SMILES string of the molecule is CCC1CCCCN1c1ccc2cccc(OCC(=O)Nc3cccc(NC(C)=O)c3)c2n1. The number of amides is 2. The van der Waals surface area contributed by atoms with Gasteiger partial charge in [-0.1, -0.05) is 25.1 Å². The molecule has 1 atom stereocenters. The number of nitrogens with one attached hydrogen (secondary N) is 2. The molecule has 2 amide bonds. The Balaban J connectivity index is 1.47. The zero-order valence-electron chi connectivity index (χ0n) is 19.1. The highest BCUT2D eigenvalue weighted by molar-refractivity contribution is 5.94. The van der Waals surface area contributed by atoms with Crippen LogP contribution in [0.4, 0.5) is 17.2 Å². The third kappa shape index (κ3) is 5.61. The van der Waals surface area contributed by atoms with Gasteiger partial charge in [0.15, 0.2) is 6.61 Å². The largest absolute Gasteiger partial charge is 0.481 e. The summed E-state index contributed by atoms with van der Waals surface area (Å²) in [5.41, 5.74) is 1.97. The van der Waals surface area contributed by atoms with E-state index < -0.39 is 0 Å². The predicted octanol–water partition coefficient (Wildman–Crippen LogP) is 4.98. The molecule has 0 saturated carbocycles. The molecule has 0 bridgehead atoms. The lowest BCUT2D eigenvalue weighted by Crippen LogP contribution is -2.39. The van der Waals surface area contributed by atoms with Gasteiger partial charge in [0, 0.05) is 36.3 Å². The number of hydrogen-bond acceptors (Lipinski definition) is 5. The fraction of sp³-hybridized carbons (Fsp3) is 0.346. The summed E-state index contributed by atoms with van der Waals surface area (Å²) in [6.45, 7) is 4.54. The summed E-state index contributed by atoms with van der Waals surface area (Å²) in [4.78, 5) is 31.1. The first kappa shape index (κ1) is 22.6. The molecule has 1 aliphatic heterocycles. The highest BCUT2D eigenvalue weighted by Gasteiger charge is 2.22. The number of aromatic nitrogens is 1. The zero-order chi connectivity index (χ0) is 23.2. The molecule has 1 aromatic heterocycles. The Morgan fingerprint density at radius 2 is 1.85 bits per heavy atom. The lowest BCUT2D eigenvalue weighted by atomic mass is 10.00. The third-order valence-electron chi connectivity index (χ3n) is 5.89. The maximum atomic E-state index is 12.5. The van der Waals surface area contributed by atoms with Crippen LogP contribution >= 0.6 is 0 Å². The topological polar surface area (TPSA) is 83.6 Å². The number of piperidine rings is 1. The van der Waals surface area contributed by atoms with Crippen LogP contribution in [-0.4, -0.2) is 36.0 Å². The molecule has 4 rings (SSSR count).